The fourth-order valence-corrected chi connectivity index (χ4v) is 3.51. The molecule has 2 heterocycles. The van der Waals surface area contributed by atoms with Crippen molar-refractivity contribution in [1.29, 1.82) is 0 Å². The zero-order valence-corrected chi connectivity index (χ0v) is 16.7. The van der Waals surface area contributed by atoms with Crippen molar-refractivity contribution in [3.8, 4) is 5.69 Å². The number of nitrogens with zero attached hydrogens (tertiary/aromatic N) is 4. The Morgan fingerprint density at radius 1 is 1.07 bits per heavy atom. The predicted octanol–water partition coefficient (Wildman–Crippen LogP) is 4.22. The summed E-state index contributed by atoms with van der Waals surface area (Å²) in [5, 5.41) is 13.2. The van der Waals surface area contributed by atoms with Crippen molar-refractivity contribution in [3.63, 3.8) is 0 Å². The standard InChI is InChI=1S/C19H16BrN5OS/c20-14-6-8-15(9-7-14)25-17(21-22-19(25)27)12-24-18(26)11-10-16(23-24)13-4-2-1-3-5-13/h1-9H,10-12H2,(H,22,27). The molecular weight excluding hydrogens is 426 g/mol. The molecule has 8 heteroatoms. The van der Waals surface area contributed by atoms with E-state index in [0.717, 1.165) is 21.4 Å². The van der Waals surface area contributed by atoms with Crippen molar-refractivity contribution in [2.75, 3.05) is 0 Å². The van der Waals surface area contributed by atoms with E-state index in [1.165, 1.54) is 5.01 Å². The summed E-state index contributed by atoms with van der Waals surface area (Å²) in [6, 6.07) is 17.7. The molecule has 0 aliphatic carbocycles. The Balaban J connectivity index is 1.67. The molecule has 136 valence electrons. The van der Waals surface area contributed by atoms with Crippen LogP contribution in [0.4, 0.5) is 0 Å². The molecule has 3 aromatic rings. The Bertz CT molecular complexity index is 1060. The van der Waals surface area contributed by atoms with Crippen LogP contribution in [0.3, 0.4) is 0 Å². The number of amides is 1. The summed E-state index contributed by atoms with van der Waals surface area (Å²) in [5.41, 5.74) is 2.81. The molecule has 0 fully saturated rings. The molecule has 1 aliphatic heterocycles. The van der Waals surface area contributed by atoms with Crippen LogP contribution in [-0.2, 0) is 11.3 Å². The van der Waals surface area contributed by atoms with Crippen LogP contribution in [0.1, 0.15) is 24.2 Å². The molecule has 1 aliphatic rings. The monoisotopic (exact) mass is 441 g/mol. The average Bonchev–Trinajstić information content (AvgIpc) is 3.05. The summed E-state index contributed by atoms with van der Waals surface area (Å²) in [4.78, 5) is 12.4. The molecular formula is C19H16BrN5OS. The van der Waals surface area contributed by atoms with E-state index in [1.807, 2.05) is 59.2 Å². The first-order valence-corrected chi connectivity index (χ1v) is 9.67. The van der Waals surface area contributed by atoms with Crippen LogP contribution in [0.5, 0.6) is 0 Å². The Hall–Kier alpha value is -2.58. The van der Waals surface area contributed by atoms with Crippen LogP contribution in [0.15, 0.2) is 64.2 Å². The quantitative estimate of drug-likeness (QED) is 0.616. The van der Waals surface area contributed by atoms with E-state index in [4.69, 9.17) is 12.2 Å². The average molecular weight is 442 g/mol. The number of hydrazone groups is 1. The number of aromatic amines is 1. The van der Waals surface area contributed by atoms with Crippen LogP contribution in [0.2, 0.25) is 0 Å². The molecule has 0 saturated carbocycles. The number of rotatable bonds is 4. The van der Waals surface area contributed by atoms with Gasteiger partial charge in [-0.2, -0.15) is 10.2 Å². The van der Waals surface area contributed by atoms with Gasteiger partial charge >= 0.3 is 0 Å². The Morgan fingerprint density at radius 3 is 2.56 bits per heavy atom. The molecule has 6 nitrogen and oxygen atoms in total. The maximum absolute atomic E-state index is 12.4. The van der Waals surface area contributed by atoms with Crippen molar-refractivity contribution in [2.24, 2.45) is 5.10 Å². The first kappa shape index (κ1) is 17.8. The normalized spacial score (nSPS) is 14.3. The van der Waals surface area contributed by atoms with E-state index in [2.05, 4.69) is 31.2 Å². The van der Waals surface area contributed by atoms with Gasteiger partial charge in [0.1, 0.15) is 6.54 Å². The number of carbonyl (C=O) groups is 1. The highest BCUT2D eigenvalue weighted by atomic mass is 79.9. The number of benzene rings is 2. The maximum Gasteiger partial charge on any atom is 0.243 e. The van der Waals surface area contributed by atoms with E-state index < -0.39 is 0 Å². The SMILES string of the molecule is O=C1CCC(c2ccccc2)=NN1Cc1n[nH]c(=S)n1-c1ccc(Br)cc1. The molecule has 0 spiro atoms. The molecule has 0 saturated heterocycles. The lowest BCUT2D eigenvalue weighted by atomic mass is 10.0. The molecule has 0 unspecified atom stereocenters. The smallest absolute Gasteiger partial charge is 0.243 e. The molecule has 1 amide bonds. The van der Waals surface area contributed by atoms with Gasteiger partial charge in [0.15, 0.2) is 10.6 Å². The number of hydrogen-bond acceptors (Lipinski definition) is 4. The minimum atomic E-state index is -0.0223. The van der Waals surface area contributed by atoms with Crippen LogP contribution in [0, 0.1) is 4.77 Å². The van der Waals surface area contributed by atoms with Gasteiger partial charge in [0.2, 0.25) is 5.91 Å². The molecule has 0 bridgehead atoms. The van der Waals surface area contributed by atoms with Gasteiger partial charge in [-0.05, 0) is 42.0 Å². The highest BCUT2D eigenvalue weighted by Crippen LogP contribution is 2.20. The Morgan fingerprint density at radius 2 is 1.81 bits per heavy atom. The fourth-order valence-electron chi connectivity index (χ4n) is 2.99. The number of H-pyrrole nitrogens is 1. The Labute approximate surface area is 169 Å². The number of aromatic nitrogens is 3. The lowest BCUT2D eigenvalue weighted by Crippen LogP contribution is -2.32. The number of halogens is 1. The largest absolute Gasteiger partial charge is 0.273 e. The zero-order chi connectivity index (χ0) is 18.8. The summed E-state index contributed by atoms with van der Waals surface area (Å²) in [6.45, 7) is 0.248. The van der Waals surface area contributed by atoms with E-state index in [0.29, 0.717) is 23.4 Å². The van der Waals surface area contributed by atoms with Crippen LogP contribution in [0.25, 0.3) is 5.69 Å². The van der Waals surface area contributed by atoms with Crippen molar-refractivity contribution in [2.45, 2.75) is 19.4 Å². The molecule has 27 heavy (non-hydrogen) atoms. The molecule has 2 aromatic carbocycles. The van der Waals surface area contributed by atoms with Gasteiger partial charge in [-0.3, -0.25) is 14.5 Å². The maximum atomic E-state index is 12.4. The minimum Gasteiger partial charge on any atom is -0.273 e. The molecule has 0 atom stereocenters. The van der Waals surface area contributed by atoms with Crippen LogP contribution >= 0.6 is 28.1 Å². The fraction of sp³-hybridized carbons (Fsp3) is 0.158. The third-order valence-electron chi connectivity index (χ3n) is 4.33. The minimum absolute atomic E-state index is 0.0223. The number of hydrogen-bond donors (Lipinski definition) is 1. The van der Waals surface area contributed by atoms with E-state index in [1.54, 1.807) is 0 Å². The Kier molecular flexibility index (Phi) is 5.00. The first-order chi connectivity index (χ1) is 13.1. The lowest BCUT2D eigenvalue weighted by Gasteiger charge is -2.23. The topological polar surface area (TPSA) is 66.3 Å². The van der Waals surface area contributed by atoms with Gasteiger partial charge < -0.3 is 0 Å². The van der Waals surface area contributed by atoms with E-state index in [9.17, 15) is 4.79 Å². The lowest BCUT2D eigenvalue weighted by molar-refractivity contribution is -0.132. The van der Waals surface area contributed by atoms with Gasteiger partial charge in [-0.1, -0.05) is 46.3 Å². The third-order valence-corrected chi connectivity index (χ3v) is 5.13. The van der Waals surface area contributed by atoms with Gasteiger partial charge in [0.25, 0.3) is 0 Å². The summed E-state index contributed by atoms with van der Waals surface area (Å²) in [7, 11) is 0. The second-order valence-corrected chi connectivity index (χ2v) is 7.42. The molecule has 1 aromatic heterocycles. The molecule has 0 radical (unpaired) electrons. The van der Waals surface area contributed by atoms with Crippen molar-refractivity contribution < 1.29 is 4.79 Å². The van der Waals surface area contributed by atoms with Gasteiger partial charge in [0, 0.05) is 23.0 Å². The highest BCUT2D eigenvalue weighted by Gasteiger charge is 2.23. The summed E-state index contributed by atoms with van der Waals surface area (Å²) in [5.74, 6) is 0.611. The zero-order valence-electron chi connectivity index (χ0n) is 14.3. The first-order valence-electron chi connectivity index (χ1n) is 8.47. The number of carbonyl (C=O) groups excluding carboxylic acids is 1. The number of nitrogens with one attached hydrogen (secondary N) is 1. The van der Waals surface area contributed by atoms with Crippen LogP contribution in [-0.4, -0.2) is 31.4 Å². The van der Waals surface area contributed by atoms with Crippen LogP contribution < -0.4 is 0 Å². The van der Waals surface area contributed by atoms with E-state index >= 15 is 0 Å². The van der Waals surface area contributed by atoms with E-state index in [-0.39, 0.29) is 12.5 Å². The summed E-state index contributed by atoms with van der Waals surface area (Å²) < 4.78 is 3.27. The summed E-state index contributed by atoms with van der Waals surface area (Å²) >= 11 is 8.81. The predicted molar refractivity (Wildman–Crippen MR) is 109 cm³/mol. The second-order valence-electron chi connectivity index (χ2n) is 6.12. The van der Waals surface area contributed by atoms with Crippen molar-refractivity contribution in [3.05, 3.63) is 75.2 Å². The van der Waals surface area contributed by atoms with Gasteiger partial charge in [0.05, 0.1) is 5.71 Å². The molecule has 4 rings (SSSR count). The highest BCUT2D eigenvalue weighted by molar-refractivity contribution is 9.10. The summed E-state index contributed by atoms with van der Waals surface area (Å²) in [6.07, 6.45) is 1.07. The van der Waals surface area contributed by atoms with Gasteiger partial charge in [-0.15, -0.1) is 0 Å². The van der Waals surface area contributed by atoms with Gasteiger partial charge in [-0.25, -0.2) is 5.01 Å². The third kappa shape index (κ3) is 3.77. The van der Waals surface area contributed by atoms with Crippen molar-refractivity contribution >= 4 is 39.8 Å². The molecule has 1 N–H and O–H groups in total. The second kappa shape index (κ2) is 7.58. The van der Waals surface area contributed by atoms with Crippen molar-refractivity contribution in [1.82, 2.24) is 19.8 Å².